The van der Waals surface area contributed by atoms with Gasteiger partial charge in [-0.3, -0.25) is 0 Å². The number of carbonyl (C=O) groups excluding carboxylic acids is 1. The van der Waals surface area contributed by atoms with Gasteiger partial charge in [0.15, 0.2) is 0 Å². The van der Waals surface area contributed by atoms with Gasteiger partial charge in [-0.25, -0.2) is 0 Å². The van der Waals surface area contributed by atoms with Crippen LogP contribution >= 0.6 is 0 Å². The number of ether oxygens (including phenoxy) is 1. The van der Waals surface area contributed by atoms with Gasteiger partial charge in [-0.15, -0.1) is 0 Å². The molecule has 0 rings (SSSR count). The zero-order valence-corrected chi connectivity index (χ0v) is 17.6. The van der Waals surface area contributed by atoms with Gasteiger partial charge in [0.05, 0.1) is 0 Å². The molecule has 0 aliphatic rings. The summed E-state index contributed by atoms with van der Waals surface area (Å²) in [5, 5.41) is 0. The first-order valence-corrected chi connectivity index (χ1v) is 16.9. The van der Waals surface area contributed by atoms with Crippen LogP contribution in [0.15, 0.2) is 12.2 Å². The SMILES string of the molecule is CCC[CH2][Sn]([CH2]/C=C\CC(=O)OC)([CH2]CCC)[CH2]CCC. The van der Waals surface area contributed by atoms with Gasteiger partial charge in [-0.05, 0) is 0 Å². The fraction of sp³-hybridized carbons (Fsp3) is 0.833. The van der Waals surface area contributed by atoms with Crippen LogP contribution in [0.4, 0.5) is 0 Å². The number of carbonyl (C=O) groups is 1. The molecule has 0 spiro atoms. The summed E-state index contributed by atoms with van der Waals surface area (Å²) in [6, 6.07) is 0. The second kappa shape index (κ2) is 13.7. The minimum absolute atomic E-state index is 0.122. The zero-order valence-electron chi connectivity index (χ0n) is 14.7. The normalized spacial score (nSPS) is 12.0. The van der Waals surface area contributed by atoms with E-state index in [0.29, 0.717) is 6.42 Å². The Bertz CT molecular complexity index is 265. The molecule has 0 bridgehead atoms. The maximum absolute atomic E-state index is 11.2. The number of esters is 1. The standard InChI is InChI=1S/C6H9O2.3C4H9.Sn/c1-3-4-5-6(7)8-2;3*1-3-4-2;/h3-4H,1,5H2,2H3;3*1,3-4H2,2H3;/b4-3-;;;;. The van der Waals surface area contributed by atoms with Gasteiger partial charge in [-0.2, -0.15) is 0 Å². The van der Waals surface area contributed by atoms with Gasteiger partial charge in [0.1, 0.15) is 0 Å². The Morgan fingerprint density at radius 2 is 1.38 bits per heavy atom. The molecule has 2 nitrogen and oxygen atoms in total. The van der Waals surface area contributed by atoms with E-state index in [1.807, 2.05) is 6.08 Å². The average molecular weight is 403 g/mol. The minimum atomic E-state index is -2.02. The number of allylic oxidation sites excluding steroid dienone is 1. The Morgan fingerprint density at radius 3 is 1.76 bits per heavy atom. The molecular formula is C18H36O2Sn. The van der Waals surface area contributed by atoms with Crippen molar-refractivity contribution in [1.29, 1.82) is 0 Å². The van der Waals surface area contributed by atoms with Crippen LogP contribution in [-0.2, 0) is 9.53 Å². The summed E-state index contributed by atoms with van der Waals surface area (Å²) < 4.78 is 10.6. The fourth-order valence-corrected chi connectivity index (χ4v) is 18.2. The van der Waals surface area contributed by atoms with E-state index in [-0.39, 0.29) is 5.97 Å². The molecule has 0 saturated carbocycles. The van der Waals surface area contributed by atoms with Crippen molar-refractivity contribution in [3.05, 3.63) is 12.2 Å². The van der Waals surface area contributed by atoms with E-state index in [0.717, 1.165) is 0 Å². The molecule has 0 unspecified atom stereocenters. The van der Waals surface area contributed by atoms with Crippen LogP contribution in [0.5, 0.6) is 0 Å². The number of hydrogen-bond acceptors (Lipinski definition) is 2. The summed E-state index contributed by atoms with van der Waals surface area (Å²) in [5.41, 5.74) is 0. The summed E-state index contributed by atoms with van der Waals surface area (Å²) in [6.07, 6.45) is 13.0. The second-order valence-corrected chi connectivity index (χ2v) is 20.3. The Kier molecular flexibility index (Phi) is 13.7. The molecule has 0 radical (unpaired) electrons. The number of hydrogen-bond donors (Lipinski definition) is 0. The molecule has 0 amide bonds. The van der Waals surface area contributed by atoms with E-state index in [2.05, 4.69) is 26.8 Å². The molecule has 0 aromatic heterocycles. The molecule has 0 aromatic rings. The third-order valence-corrected chi connectivity index (χ3v) is 19.7. The monoisotopic (exact) mass is 404 g/mol. The van der Waals surface area contributed by atoms with E-state index in [1.54, 1.807) is 0 Å². The van der Waals surface area contributed by atoms with Crippen molar-refractivity contribution in [1.82, 2.24) is 0 Å². The van der Waals surface area contributed by atoms with Crippen LogP contribution in [0.1, 0.15) is 65.7 Å². The molecule has 0 aliphatic carbocycles. The first-order valence-electron chi connectivity index (χ1n) is 8.86. The van der Waals surface area contributed by atoms with Crippen LogP contribution in [0.2, 0.25) is 17.7 Å². The van der Waals surface area contributed by atoms with Crippen molar-refractivity contribution in [3.8, 4) is 0 Å². The summed E-state index contributed by atoms with van der Waals surface area (Å²) in [6.45, 7) is 6.93. The average Bonchev–Trinajstić information content (AvgIpc) is 2.52. The van der Waals surface area contributed by atoms with Crippen LogP contribution in [0.25, 0.3) is 0 Å². The van der Waals surface area contributed by atoms with Gasteiger partial charge in [0, 0.05) is 0 Å². The van der Waals surface area contributed by atoms with Gasteiger partial charge in [-0.1, -0.05) is 0 Å². The maximum atomic E-state index is 11.2. The van der Waals surface area contributed by atoms with Crippen LogP contribution in [0, 0.1) is 0 Å². The first kappa shape index (κ1) is 21.0. The van der Waals surface area contributed by atoms with E-state index >= 15 is 0 Å². The predicted octanol–water partition coefficient (Wildman–Crippen LogP) is 5.95. The third-order valence-electron chi connectivity index (χ3n) is 4.41. The molecule has 0 atom stereocenters. The Labute approximate surface area is 136 Å². The van der Waals surface area contributed by atoms with Gasteiger partial charge in [0.25, 0.3) is 0 Å². The van der Waals surface area contributed by atoms with Crippen LogP contribution in [0.3, 0.4) is 0 Å². The Hall–Kier alpha value is 0.00870. The van der Waals surface area contributed by atoms with Crippen LogP contribution in [-0.4, -0.2) is 31.5 Å². The van der Waals surface area contributed by atoms with Crippen molar-refractivity contribution < 1.29 is 9.53 Å². The van der Waals surface area contributed by atoms with E-state index in [1.165, 1.54) is 63.4 Å². The molecule has 0 aliphatic heterocycles. The van der Waals surface area contributed by atoms with Crippen molar-refractivity contribution >= 4 is 24.3 Å². The third kappa shape index (κ3) is 10.4. The zero-order chi connectivity index (χ0) is 16.0. The topological polar surface area (TPSA) is 26.3 Å². The van der Waals surface area contributed by atoms with E-state index < -0.39 is 18.4 Å². The summed E-state index contributed by atoms with van der Waals surface area (Å²) in [5.74, 6) is -0.122. The predicted molar refractivity (Wildman–Crippen MR) is 95.5 cm³/mol. The molecule has 0 fully saturated rings. The molecule has 3 heteroatoms. The van der Waals surface area contributed by atoms with E-state index in [4.69, 9.17) is 4.74 Å². The fourth-order valence-electron chi connectivity index (χ4n) is 2.93. The number of rotatable bonds is 13. The van der Waals surface area contributed by atoms with Gasteiger partial charge in [0.2, 0.25) is 0 Å². The molecule has 0 N–H and O–H groups in total. The van der Waals surface area contributed by atoms with Gasteiger partial charge >= 0.3 is 137 Å². The van der Waals surface area contributed by atoms with Crippen molar-refractivity contribution in [3.63, 3.8) is 0 Å². The van der Waals surface area contributed by atoms with E-state index in [9.17, 15) is 4.79 Å². The number of methoxy groups -OCH3 is 1. The summed E-state index contributed by atoms with van der Waals surface area (Å²) >= 11 is -2.02. The molecule has 21 heavy (non-hydrogen) atoms. The van der Waals surface area contributed by atoms with Crippen LogP contribution < -0.4 is 0 Å². The molecule has 0 aromatic carbocycles. The van der Waals surface area contributed by atoms with Crippen molar-refractivity contribution in [2.24, 2.45) is 0 Å². The van der Waals surface area contributed by atoms with Gasteiger partial charge < -0.3 is 0 Å². The van der Waals surface area contributed by atoms with Crippen molar-refractivity contribution in [2.45, 2.75) is 83.5 Å². The number of unbranched alkanes of at least 4 members (excludes halogenated alkanes) is 3. The quantitative estimate of drug-likeness (QED) is 0.216. The Morgan fingerprint density at radius 1 is 0.905 bits per heavy atom. The molecular weight excluding hydrogens is 367 g/mol. The first-order chi connectivity index (χ1) is 10.1. The van der Waals surface area contributed by atoms with Crippen molar-refractivity contribution in [2.75, 3.05) is 7.11 Å². The Balaban J connectivity index is 4.65. The molecule has 0 saturated heterocycles. The second-order valence-electron chi connectivity index (χ2n) is 6.27. The molecule has 124 valence electrons. The summed E-state index contributed by atoms with van der Waals surface area (Å²) in [7, 11) is 1.46. The summed E-state index contributed by atoms with van der Waals surface area (Å²) in [4.78, 5) is 11.2. The molecule has 0 heterocycles.